The van der Waals surface area contributed by atoms with Crippen molar-refractivity contribution in [3.63, 3.8) is 0 Å². The largest absolute Gasteiger partial charge is 0.395 e. The second-order valence-corrected chi connectivity index (χ2v) is 4.14. The first kappa shape index (κ1) is 14.4. The number of aliphatic hydroxyl groups excluding tert-OH is 1. The third-order valence-electron chi connectivity index (χ3n) is 2.74. The number of pyridine rings is 1. The number of aromatic amines is 1. The molecule has 0 saturated heterocycles. The van der Waals surface area contributed by atoms with E-state index in [4.69, 9.17) is 5.11 Å². The van der Waals surface area contributed by atoms with Crippen molar-refractivity contribution in [2.45, 2.75) is 26.2 Å². The van der Waals surface area contributed by atoms with E-state index in [9.17, 15) is 9.59 Å². The summed E-state index contributed by atoms with van der Waals surface area (Å²) in [6, 6.07) is 3.13. The Balaban J connectivity index is 2.76. The minimum Gasteiger partial charge on any atom is -0.395 e. The Morgan fingerprint density at radius 2 is 2.17 bits per heavy atom. The molecule has 0 atom stereocenters. The lowest BCUT2D eigenvalue weighted by Crippen LogP contribution is -2.37. The summed E-state index contributed by atoms with van der Waals surface area (Å²) in [5.74, 6) is -0.318. The SMILES string of the molecule is CCCCCN(CCO)C(=O)c1ccc[nH]c1=O. The van der Waals surface area contributed by atoms with Gasteiger partial charge in [-0.05, 0) is 18.6 Å². The van der Waals surface area contributed by atoms with Gasteiger partial charge >= 0.3 is 0 Å². The molecule has 0 bridgehead atoms. The van der Waals surface area contributed by atoms with Gasteiger partial charge < -0.3 is 15.0 Å². The second-order valence-electron chi connectivity index (χ2n) is 4.14. The zero-order valence-electron chi connectivity index (χ0n) is 10.7. The average Bonchev–Trinajstić information content (AvgIpc) is 2.38. The quantitative estimate of drug-likeness (QED) is 0.711. The molecule has 0 aliphatic carbocycles. The molecule has 0 aliphatic rings. The highest BCUT2D eigenvalue weighted by atomic mass is 16.3. The van der Waals surface area contributed by atoms with E-state index in [-0.39, 0.29) is 30.2 Å². The molecule has 1 aromatic heterocycles. The summed E-state index contributed by atoms with van der Waals surface area (Å²) in [6.07, 6.45) is 4.47. The van der Waals surface area contributed by atoms with Crippen LogP contribution < -0.4 is 5.56 Å². The minimum atomic E-state index is -0.388. The van der Waals surface area contributed by atoms with Crippen LogP contribution in [0.25, 0.3) is 0 Å². The lowest BCUT2D eigenvalue weighted by atomic mass is 10.2. The molecule has 1 aromatic rings. The smallest absolute Gasteiger partial charge is 0.260 e. The molecule has 5 heteroatoms. The van der Waals surface area contributed by atoms with Crippen LogP contribution in [0.1, 0.15) is 36.5 Å². The van der Waals surface area contributed by atoms with Gasteiger partial charge in [-0.1, -0.05) is 19.8 Å². The summed E-state index contributed by atoms with van der Waals surface area (Å²) in [5.41, 5.74) is -0.261. The molecule has 2 N–H and O–H groups in total. The lowest BCUT2D eigenvalue weighted by molar-refractivity contribution is 0.0717. The molecule has 0 aromatic carbocycles. The van der Waals surface area contributed by atoms with E-state index in [0.29, 0.717) is 6.54 Å². The zero-order chi connectivity index (χ0) is 13.4. The third kappa shape index (κ3) is 4.00. The molecule has 0 radical (unpaired) electrons. The molecular formula is C13H20N2O3. The summed E-state index contributed by atoms with van der Waals surface area (Å²) in [5, 5.41) is 8.98. The van der Waals surface area contributed by atoms with Gasteiger partial charge in [-0.3, -0.25) is 9.59 Å². The number of carbonyl (C=O) groups is 1. The van der Waals surface area contributed by atoms with E-state index in [0.717, 1.165) is 19.3 Å². The Kier molecular flexibility index (Phi) is 6.14. The van der Waals surface area contributed by atoms with Crippen LogP contribution in [0.2, 0.25) is 0 Å². The Morgan fingerprint density at radius 3 is 2.78 bits per heavy atom. The Hall–Kier alpha value is -1.62. The zero-order valence-corrected chi connectivity index (χ0v) is 10.7. The van der Waals surface area contributed by atoms with Crippen LogP contribution in [0.15, 0.2) is 23.1 Å². The molecule has 0 fully saturated rings. The first-order valence-electron chi connectivity index (χ1n) is 6.28. The van der Waals surface area contributed by atoms with Crippen LogP contribution in [-0.2, 0) is 0 Å². The number of nitrogens with one attached hydrogen (secondary N) is 1. The lowest BCUT2D eigenvalue weighted by Gasteiger charge is -2.21. The van der Waals surface area contributed by atoms with Crippen molar-refractivity contribution in [2.75, 3.05) is 19.7 Å². The van der Waals surface area contributed by atoms with E-state index in [1.807, 2.05) is 0 Å². The van der Waals surface area contributed by atoms with Gasteiger partial charge in [0.25, 0.3) is 11.5 Å². The first-order valence-corrected chi connectivity index (χ1v) is 6.28. The Morgan fingerprint density at radius 1 is 1.39 bits per heavy atom. The molecule has 1 amide bonds. The number of H-pyrrole nitrogens is 1. The number of amides is 1. The van der Waals surface area contributed by atoms with Gasteiger partial charge in [0.2, 0.25) is 0 Å². The fraction of sp³-hybridized carbons (Fsp3) is 0.538. The maximum absolute atomic E-state index is 12.1. The van der Waals surface area contributed by atoms with Crippen LogP contribution in [0.5, 0.6) is 0 Å². The fourth-order valence-corrected chi connectivity index (χ4v) is 1.75. The molecule has 18 heavy (non-hydrogen) atoms. The predicted octanol–water partition coefficient (Wildman–Crippen LogP) is 1.000. The standard InChI is InChI=1S/C13H20N2O3/c1-2-3-4-8-15(9-10-16)13(18)11-6-5-7-14-12(11)17/h5-7,16H,2-4,8-10H2,1H3,(H,14,17). The summed E-state index contributed by atoms with van der Waals surface area (Å²) in [4.78, 5) is 27.7. The van der Waals surface area contributed by atoms with E-state index in [2.05, 4.69) is 11.9 Å². The van der Waals surface area contributed by atoms with Crippen molar-refractivity contribution >= 4 is 5.91 Å². The summed E-state index contributed by atoms with van der Waals surface area (Å²) >= 11 is 0. The monoisotopic (exact) mass is 252 g/mol. The molecule has 1 heterocycles. The summed E-state index contributed by atoms with van der Waals surface area (Å²) in [6.45, 7) is 2.82. The topological polar surface area (TPSA) is 73.4 Å². The van der Waals surface area contributed by atoms with E-state index in [1.165, 1.54) is 17.2 Å². The van der Waals surface area contributed by atoms with Crippen LogP contribution >= 0.6 is 0 Å². The van der Waals surface area contributed by atoms with E-state index in [1.54, 1.807) is 6.07 Å². The second kappa shape index (κ2) is 7.66. The highest BCUT2D eigenvalue weighted by molar-refractivity contribution is 5.93. The van der Waals surface area contributed by atoms with Gasteiger partial charge in [0.05, 0.1) is 6.61 Å². The van der Waals surface area contributed by atoms with Crippen molar-refractivity contribution in [3.8, 4) is 0 Å². The molecule has 0 spiro atoms. The highest BCUT2D eigenvalue weighted by Crippen LogP contribution is 2.03. The van der Waals surface area contributed by atoms with Gasteiger partial charge in [0.15, 0.2) is 0 Å². The van der Waals surface area contributed by atoms with Gasteiger partial charge in [-0.2, -0.15) is 0 Å². The number of nitrogens with zero attached hydrogens (tertiary/aromatic N) is 1. The van der Waals surface area contributed by atoms with Crippen LogP contribution in [-0.4, -0.2) is 40.6 Å². The molecule has 100 valence electrons. The number of aliphatic hydroxyl groups is 1. The Labute approximate surface area is 106 Å². The van der Waals surface area contributed by atoms with Gasteiger partial charge in [0, 0.05) is 19.3 Å². The molecule has 5 nitrogen and oxygen atoms in total. The highest BCUT2D eigenvalue weighted by Gasteiger charge is 2.17. The number of rotatable bonds is 7. The van der Waals surface area contributed by atoms with Crippen molar-refractivity contribution in [3.05, 3.63) is 34.2 Å². The molecule has 0 saturated carbocycles. The third-order valence-corrected chi connectivity index (χ3v) is 2.74. The van der Waals surface area contributed by atoms with Crippen LogP contribution in [0.4, 0.5) is 0 Å². The minimum absolute atomic E-state index is 0.0946. The van der Waals surface area contributed by atoms with Crippen LogP contribution in [0, 0.1) is 0 Å². The fourth-order valence-electron chi connectivity index (χ4n) is 1.75. The average molecular weight is 252 g/mol. The van der Waals surface area contributed by atoms with Crippen LogP contribution in [0.3, 0.4) is 0 Å². The van der Waals surface area contributed by atoms with E-state index < -0.39 is 0 Å². The van der Waals surface area contributed by atoms with Crippen molar-refractivity contribution in [1.82, 2.24) is 9.88 Å². The van der Waals surface area contributed by atoms with Crippen molar-refractivity contribution in [2.24, 2.45) is 0 Å². The Bertz CT molecular complexity index is 428. The maximum Gasteiger partial charge on any atom is 0.260 e. The number of hydrogen-bond acceptors (Lipinski definition) is 3. The first-order chi connectivity index (χ1) is 8.70. The number of unbranched alkanes of at least 4 members (excludes halogenated alkanes) is 2. The maximum atomic E-state index is 12.1. The number of carbonyl (C=O) groups excluding carboxylic acids is 1. The number of aromatic nitrogens is 1. The van der Waals surface area contributed by atoms with Gasteiger partial charge in [-0.25, -0.2) is 0 Å². The normalized spacial score (nSPS) is 10.3. The molecule has 1 rings (SSSR count). The molecule has 0 aliphatic heterocycles. The van der Waals surface area contributed by atoms with Crippen molar-refractivity contribution in [1.29, 1.82) is 0 Å². The summed E-state index contributed by atoms with van der Waals surface area (Å²) < 4.78 is 0. The molecular weight excluding hydrogens is 232 g/mol. The van der Waals surface area contributed by atoms with Gasteiger partial charge in [-0.15, -0.1) is 0 Å². The summed E-state index contributed by atoms with van der Waals surface area (Å²) in [7, 11) is 0. The van der Waals surface area contributed by atoms with Crippen molar-refractivity contribution < 1.29 is 9.90 Å². The molecule has 0 unspecified atom stereocenters. The predicted molar refractivity (Wildman–Crippen MR) is 69.6 cm³/mol. The van der Waals surface area contributed by atoms with E-state index >= 15 is 0 Å². The van der Waals surface area contributed by atoms with Gasteiger partial charge in [0.1, 0.15) is 5.56 Å². The number of hydrogen-bond donors (Lipinski definition) is 2.